The number of imidazole rings is 1. The molecule has 0 fully saturated rings. The largest absolute Gasteiger partial charge is 0.498 e. The molecular formula is C10H12N4OS. The minimum atomic E-state index is 0.673. The minimum Gasteiger partial charge on any atom is -0.498 e. The van der Waals surface area contributed by atoms with Crippen LogP contribution in [0.2, 0.25) is 0 Å². The van der Waals surface area contributed by atoms with E-state index >= 15 is 0 Å². The Morgan fingerprint density at radius 2 is 2.38 bits per heavy atom. The van der Waals surface area contributed by atoms with Gasteiger partial charge >= 0.3 is 0 Å². The van der Waals surface area contributed by atoms with Gasteiger partial charge in [-0.3, -0.25) is 0 Å². The van der Waals surface area contributed by atoms with Crippen molar-refractivity contribution in [2.45, 2.75) is 18.9 Å². The Morgan fingerprint density at radius 3 is 3.19 bits per heavy atom. The Labute approximate surface area is 97.4 Å². The van der Waals surface area contributed by atoms with E-state index in [0.29, 0.717) is 12.3 Å². The Kier molecular flexibility index (Phi) is 3.40. The highest BCUT2D eigenvalue weighted by atomic mass is 32.2. The number of H-pyrrole nitrogens is 1. The lowest BCUT2D eigenvalue weighted by Crippen LogP contribution is -1.87. The number of aromatic amines is 1. The van der Waals surface area contributed by atoms with Gasteiger partial charge in [-0.1, -0.05) is 11.8 Å². The van der Waals surface area contributed by atoms with E-state index < -0.39 is 0 Å². The normalized spacial score (nSPS) is 12.0. The molecule has 6 heteroatoms. The number of rotatable bonds is 4. The minimum absolute atomic E-state index is 0.673. The monoisotopic (exact) mass is 236 g/mol. The van der Waals surface area contributed by atoms with E-state index in [1.165, 1.54) is 18.1 Å². The molecule has 0 bridgehead atoms. The number of thioether (sulfide) groups is 1. The first-order valence-corrected chi connectivity index (χ1v) is 5.79. The predicted octanol–water partition coefficient (Wildman–Crippen LogP) is 2.34. The zero-order valence-corrected chi connectivity index (χ0v) is 9.91. The standard InChI is InChI=1S/C10H12N4OS/c1-3-15-7(2)4-16-10-8-9(12-5-11-8)13-6-14-10/h4-6H,3H2,1-2H3,(H,11,12,13,14)/b7-4+. The third-order valence-electron chi connectivity index (χ3n) is 1.90. The van der Waals surface area contributed by atoms with Crippen LogP contribution in [-0.4, -0.2) is 26.5 Å². The fourth-order valence-electron chi connectivity index (χ4n) is 1.23. The van der Waals surface area contributed by atoms with E-state index in [0.717, 1.165) is 16.3 Å². The van der Waals surface area contributed by atoms with Crippen molar-refractivity contribution in [3.63, 3.8) is 0 Å². The summed E-state index contributed by atoms with van der Waals surface area (Å²) in [4.78, 5) is 15.3. The van der Waals surface area contributed by atoms with Gasteiger partial charge in [-0.25, -0.2) is 15.0 Å². The highest BCUT2D eigenvalue weighted by Crippen LogP contribution is 2.23. The lowest BCUT2D eigenvalue weighted by Gasteiger charge is -2.01. The van der Waals surface area contributed by atoms with E-state index in [-0.39, 0.29) is 0 Å². The molecule has 0 aliphatic heterocycles. The van der Waals surface area contributed by atoms with E-state index in [9.17, 15) is 0 Å². The maximum atomic E-state index is 5.33. The summed E-state index contributed by atoms with van der Waals surface area (Å²) in [5, 5.41) is 2.77. The summed E-state index contributed by atoms with van der Waals surface area (Å²) in [5.74, 6) is 0.874. The van der Waals surface area contributed by atoms with Gasteiger partial charge in [0.05, 0.1) is 18.7 Å². The third-order valence-corrected chi connectivity index (χ3v) is 2.88. The molecule has 0 aliphatic rings. The zero-order chi connectivity index (χ0) is 11.4. The van der Waals surface area contributed by atoms with E-state index in [1.807, 2.05) is 19.3 Å². The average molecular weight is 236 g/mol. The Bertz CT molecular complexity index is 508. The van der Waals surface area contributed by atoms with Crippen LogP contribution in [-0.2, 0) is 4.74 Å². The van der Waals surface area contributed by atoms with Gasteiger partial charge in [0, 0.05) is 5.41 Å². The second kappa shape index (κ2) is 4.98. The first-order valence-electron chi connectivity index (χ1n) is 4.91. The molecule has 5 nitrogen and oxygen atoms in total. The van der Waals surface area contributed by atoms with Gasteiger partial charge in [0.25, 0.3) is 0 Å². The lowest BCUT2D eigenvalue weighted by molar-refractivity contribution is 0.232. The second-order valence-corrected chi connectivity index (χ2v) is 3.92. The van der Waals surface area contributed by atoms with E-state index in [4.69, 9.17) is 4.74 Å². The van der Waals surface area contributed by atoms with Gasteiger partial charge in [-0.05, 0) is 13.8 Å². The SMILES string of the molecule is CCO/C(C)=C/Sc1ncnc2nc[nH]c12. The number of ether oxygens (including phenoxy) is 1. The smallest absolute Gasteiger partial charge is 0.181 e. The summed E-state index contributed by atoms with van der Waals surface area (Å²) in [7, 11) is 0. The van der Waals surface area contributed by atoms with Crippen molar-refractivity contribution in [2.24, 2.45) is 0 Å². The Balaban J connectivity index is 2.21. The van der Waals surface area contributed by atoms with Crippen LogP contribution in [0.25, 0.3) is 11.2 Å². The summed E-state index contributed by atoms with van der Waals surface area (Å²) in [6.07, 6.45) is 3.12. The van der Waals surface area contributed by atoms with Gasteiger partial charge in [0.15, 0.2) is 5.65 Å². The molecule has 0 saturated carbocycles. The molecular weight excluding hydrogens is 224 g/mol. The molecule has 0 radical (unpaired) electrons. The fourth-order valence-corrected chi connectivity index (χ4v) is 1.95. The van der Waals surface area contributed by atoms with Crippen LogP contribution >= 0.6 is 11.8 Å². The number of nitrogens with one attached hydrogen (secondary N) is 1. The quantitative estimate of drug-likeness (QED) is 0.501. The molecule has 2 rings (SSSR count). The number of nitrogens with zero attached hydrogens (tertiary/aromatic N) is 3. The number of allylic oxidation sites excluding steroid dienone is 1. The number of hydrogen-bond acceptors (Lipinski definition) is 5. The Morgan fingerprint density at radius 1 is 1.50 bits per heavy atom. The van der Waals surface area contributed by atoms with Crippen molar-refractivity contribution in [3.05, 3.63) is 23.8 Å². The number of aromatic nitrogens is 4. The van der Waals surface area contributed by atoms with E-state index in [1.54, 1.807) is 6.33 Å². The number of hydrogen-bond donors (Lipinski definition) is 1. The summed E-state index contributed by atoms with van der Waals surface area (Å²) < 4.78 is 5.33. The highest BCUT2D eigenvalue weighted by molar-refractivity contribution is 8.02. The van der Waals surface area contributed by atoms with Crippen LogP contribution < -0.4 is 0 Å². The maximum Gasteiger partial charge on any atom is 0.181 e. The van der Waals surface area contributed by atoms with Gasteiger partial charge < -0.3 is 9.72 Å². The first kappa shape index (κ1) is 10.9. The molecule has 2 aromatic rings. The van der Waals surface area contributed by atoms with Gasteiger partial charge in [-0.2, -0.15) is 0 Å². The molecule has 2 aromatic heterocycles. The van der Waals surface area contributed by atoms with Crippen molar-refractivity contribution >= 4 is 22.9 Å². The molecule has 2 heterocycles. The van der Waals surface area contributed by atoms with E-state index in [2.05, 4.69) is 19.9 Å². The van der Waals surface area contributed by atoms with Crippen LogP contribution in [0.5, 0.6) is 0 Å². The topological polar surface area (TPSA) is 63.7 Å². The molecule has 0 atom stereocenters. The van der Waals surface area contributed by atoms with Crippen molar-refractivity contribution in [1.82, 2.24) is 19.9 Å². The molecule has 0 spiro atoms. The maximum absolute atomic E-state index is 5.33. The van der Waals surface area contributed by atoms with Crippen molar-refractivity contribution in [1.29, 1.82) is 0 Å². The molecule has 84 valence electrons. The third kappa shape index (κ3) is 2.33. The van der Waals surface area contributed by atoms with Crippen LogP contribution in [0.3, 0.4) is 0 Å². The lowest BCUT2D eigenvalue weighted by atomic mass is 10.6. The molecule has 0 amide bonds. The van der Waals surface area contributed by atoms with Gasteiger partial charge in [0.2, 0.25) is 0 Å². The average Bonchev–Trinajstić information content (AvgIpc) is 2.75. The van der Waals surface area contributed by atoms with Crippen molar-refractivity contribution in [3.8, 4) is 0 Å². The molecule has 1 N–H and O–H groups in total. The molecule has 0 saturated heterocycles. The predicted molar refractivity (Wildman–Crippen MR) is 62.9 cm³/mol. The van der Waals surface area contributed by atoms with Crippen LogP contribution in [0.1, 0.15) is 13.8 Å². The molecule has 0 aliphatic carbocycles. The van der Waals surface area contributed by atoms with Gasteiger partial charge in [0.1, 0.15) is 16.9 Å². The van der Waals surface area contributed by atoms with Gasteiger partial charge in [-0.15, -0.1) is 0 Å². The molecule has 0 aromatic carbocycles. The van der Waals surface area contributed by atoms with Crippen LogP contribution in [0.4, 0.5) is 0 Å². The summed E-state index contributed by atoms with van der Waals surface area (Å²) in [5.41, 5.74) is 1.54. The summed E-state index contributed by atoms with van der Waals surface area (Å²) in [6.45, 7) is 4.55. The van der Waals surface area contributed by atoms with Crippen LogP contribution in [0.15, 0.2) is 28.8 Å². The zero-order valence-electron chi connectivity index (χ0n) is 9.10. The summed E-state index contributed by atoms with van der Waals surface area (Å²) in [6, 6.07) is 0. The summed E-state index contributed by atoms with van der Waals surface area (Å²) >= 11 is 1.49. The van der Waals surface area contributed by atoms with Crippen molar-refractivity contribution in [2.75, 3.05) is 6.61 Å². The van der Waals surface area contributed by atoms with Crippen molar-refractivity contribution < 1.29 is 4.74 Å². The first-order chi connectivity index (χ1) is 7.81. The number of fused-ring (bicyclic) bond motifs is 1. The fraction of sp³-hybridized carbons (Fsp3) is 0.300. The highest BCUT2D eigenvalue weighted by Gasteiger charge is 2.04. The molecule has 16 heavy (non-hydrogen) atoms. The second-order valence-electron chi connectivity index (χ2n) is 3.06. The Hall–Kier alpha value is -1.56. The molecule has 0 unspecified atom stereocenters. The van der Waals surface area contributed by atoms with Crippen LogP contribution in [0, 0.1) is 0 Å².